The zero-order valence-electron chi connectivity index (χ0n) is 11.1. The summed E-state index contributed by atoms with van der Waals surface area (Å²) in [6.07, 6.45) is 3.28. The van der Waals surface area contributed by atoms with E-state index in [0.717, 1.165) is 38.3 Å². The van der Waals surface area contributed by atoms with Gasteiger partial charge in [0, 0.05) is 26.2 Å². The predicted molar refractivity (Wildman–Crippen MR) is 66.8 cm³/mol. The van der Waals surface area contributed by atoms with Crippen LogP contribution >= 0.6 is 0 Å². The summed E-state index contributed by atoms with van der Waals surface area (Å²) in [6.45, 7) is 6.14. The lowest BCUT2D eigenvalue weighted by molar-refractivity contribution is -0.137. The fraction of sp³-hybridized carbons (Fsp3) is 0.923. The van der Waals surface area contributed by atoms with Crippen LogP contribution < -0.4 is 5.32 Å². The summed E-state index contributed by atoms with van der Waals surface area (Å²) in [5.74, 6) is 1.02. The topological polar surface area (TPSA) is 41.6 Å². The van der Waals surface area contributed by atoms with Crippen molar-refractivity contribution >= 4 is 5.91 Å². The fourth-order valence-electron chi connectivity index (χ4n) is 3.01. The smallest absolute Gasteiger partial charge is 0.240 e. The highest BCUT2D eigenvalue weighted by Crippen LogP contribution is 2.24. The van der Waals surface area contributed by atoms with E-state index >= 15 is 0 Å². The third-order valence-corrected chi connectivity index (χ3v) is 4.14. The van der Waals surface area contributed by atoms with E-state index in [9.17, 15) is 4.79 Å². The van der Waals surface area contributed by atoms with Crippen molar-refractivity contribution in [3.63, 3.8) is 0 Å². The van der Waals surface area contributed by atoms with Crippen LogP contribution in [0.1, 0.15) is 33.1 Å². The van der Waals surface area contributed by atoms with Crippen LogP contribution in [0.2, 0.25) is 0 Å². The molecule has 0 radical (unpaired) electrons. The average molecular weight is 240 g/mol. The van der Waals surface area contributed by atoms with Crippen LogP contribution in [-0.4, -0.2) is 49.2 Å². The molecule has 0 spiro atoms. The van der Waals surface area contributed by atoms with E-state index in [-0.39, 0.29) is 18.1 Å². The molecule has 2 fully saturated rings. The van der Waals surface area contributed by atoms with Crippen molar-refractivity contribution in [1.82, 2.24) is 10.2 Å². The molecule has 4 atom stereocenters. The Kier molecular flexibility index (Phi) is 4.05. The summed E-state index contributed by atoms with van der Waals surface area (Å²) < 4.78 is 5.29. The van der Waals surface area contributed by atoms with E-state index in [4.69, 9.17) is 4.74 Å². The molecule has 4 nitrogen and oxygen atoms in total. The summed E-state index contributed by atoms with van der Waals surface area (Å²) in [7, 11) is 1.71. The van der Waals surface area contributed by atoms with Gasteiger partial charge in [0.15, 0.2) is 0 Å². The summed E-state index contributed by atoms with van der Waals surface area (Å²) in [4.78, 5) is 14.4. The maximum Gasteiger partial charge on any atom is 0.240 e. The van der Waals surface area contributed by atoms with Gasteiger partial charge in [-0.2, -0.15) is 0 Å². The van der Waals surface area contributed by atoms with E-state index in [1.807, 2.05) is 0 Å². The largest absolute Gasteiger partial charge is 0.380 e. The van der Waals surface area contributed by atoms with Crippen molar-refractivity contribution in [3.05, 3.63) is 0 Å². The van der Waals surface area contributed by atoms with Gasteiger partial charge < -0.3 is 15.0 Å². The van der Waals surface area contributed by atoms with Crippen molar-refractivity contribution in [1.29, 1.82) is 0 Å². The van der Waals surface area contributed by atoms with Gasteiger partial charge in [0.1, 0.15) is 0 Å². The molecule has 2 aliphatic heterocycles. The molecule has 0 saturated carbocycles. The first-order chi connectivity index (χ1) is 8.11. The number of nitrogens with zero attached hydrogens (tertiary/aromatic N) is 1. The normalized spacial score (nSPS) is 38.4. The lowest BCUT2D eigenvalue weighted by atomic mass is 9.93. The Morgan fingerprint density at radius 2 is 2.12 bits per heavy atom. The first-order valence-corrected chi connectivity index (χ1v) is 6.68. The number of likely N-dealkylation sites (tertiary alicyclic amines) is 1. The second kappa shape index (κ2) is 5.36. The van der Waals surface area contributed by atoms with Crippen molar-refractivity contribution in [2.75, 3.05) is 20.2 Å². The zero-order valence-corrected chi connectivity index (χ0v) is 11.1. The Hall–Kier alpha value is -0.610. The van der Waals surface area contributed by atoms with E-state index in [0.29, 0.717) is 6.04 Å². The van der Waals surface area contributed by atoms with Gasteiger partial charge in [-0.25, -0.2) is 0 Å². The number of hydrogen-bond acceptors (Lipinski definition) is 3. The lowest BCUT2D eigenvalue weighted by Crippen LogP contribution is -2.50. The number of rotatable bonds is 2. The highest BCUT2D eigenvalue weighted by atomic mass is 16.5. The molecular formula is C13H24N2O2. The summed E-state index contributed by atoms with van der Waals surface area (Å²) in [6, 6.07) is 0.352. The Morgan fingerprint density at radius 1 is 1.35 bits per heavy atom. The molecule has 2 saturated heterocycles. The van der Waals surface area contributed by atoms with Gasteiger partial charge in [-0.3, -0.25) is 4.79 Å². The highest BCUT2D eigenvalue weighted by Gasteiger charge is 2.35. The average Bonchev–Trinajstić information content (AvgIpc) is 2.76. The molecule has 0 aromatic heterocycles. The Labute approximate surface area is 104 Å². The summed E-state index contributed by atoms with van der Waals surface area (Å²) in [5, 5.41) is 3.27. The number of nitrogens with one attached hydrogen (secondary N) is 1. The second-order valence-corrected chi connectivity index (χ2v) is 5.56. The minimum absolute atomic E-state index is 0.0317. The molecule has 98 valence electrons. The monoisotopic (exact) mass is 240 g/mol. The minimum atomic E-state index is -0.0317. The molecule has 4 heteroatoms. The van der Waals surface area contributed by atoms with Crippen molar-refractivity contribution in [3.8, 4) is 0 Å². The number of carbonyl (C=O) groups is 1. The van der Waals surface area contributed by atoms with Gasteiger partial charge in [-0.05, 0) is 32.1 Å². The second-order valence-electron chi connectivity index (χ2n) is 5.56. The van der Waals surface area contributed by atoms with Gasteiger partial charge in [-0.1, -0.05) is 6.92 Å². The maximum absolute atomic E-state index is 12.4. The molecule has 0 aliphatic carbocycles. The Balaban J connectivity index is 1.91. The van der Waals surface area contributed by atoms with Crippen LogP contribution in [0.5, 0.6) is 0 Å². The van der Waals surface area contributed by atoms with Crippen LogP contribution in [-0.2, 0) is 9.53 Å². The van der Waals surface area contributed by atoms with Crippen molar-refractivity contribution in [2.45, 2.75) is 51.3 Å². The van der Waals surface area contributed by atoms with E-state index in [1.165, 1.54) is 0 Å². The van der Waals surface area contributed by atoms with Crippen molar-refractivity contribution < 1.29 is 9.53 Å². The molecule has 1 amide bonds. The number of hydrogen-bond donors (Lipinski definition) is 1. The summed E-state index contributed by atoms with van der Waals surface area (Å²) in [5.41, 5.74) is 0. The number of ether oxygens (including phenoxy) is 1. The zero-order chi connectivity index (χ0) is 12.4. The number of amides is 1. The molecule has 2 rings (SSSR count). The Bertz CT molecular complexity index is 283. The highest BCUT2D eigenvalue weighted by molar-refractivity contribution is 5.82. The first kappa shape index (κ1) is 12.8. The van der Waals surface area contributed by atoms with Gasteiger partial charge >= 0.3 is 0 Å². The minimum Gasteiger partial charge on any atom is -0.380 e. The fourth-order valence-corrected chi connectivity index (χ4v) is 3.01. The predicted octanol–water partition coefficient (Wildman–Crippen LogP) is 1.01. The molecule has 2 aliphatic rings. The van der Waals surface area contributed by atoms with Gasteiger partial charge in [0.05, 0.1) is 12.1 Å². The third kappa shape index (κ3) is 2.80. The molecule has 2 heterocycles. The number of piperidine rings is 1. The third-order valence-electron chi connectivity index (χ3n) is 4.14. The van der Waals surface area contributed by atoms with Gasteiger partial charge in [0.25, 0.3) is 0 Å². The maximum atomic E-state index is 12.4. The number of carbonyl (C=O) groups excluding carboxylic acids is 1. The lowest BCUT2D eigenvalue weighted by Gasteiger charge is -2.38. The molecule has 0 bridgehead atoms. The SMILES string of the molecule is COC1CNC(C(=O)N2CCC(C)CC2C)C1. The molecule has 1 N–H and O–H groups in total. The van der Waals surface area contributed by atoms with E-state index < -0.39 is 0 Å². The first-order valence-electron chi connectivity index (χ1n) is 6.68. The van der Waals surface area contributed by atoms with Crippen LogP contribution in [0.25, 0.3) is 0 Å². The quantitative estimate of drug-likeness (QED) is 0.783. The number of methoxy groups -OCH3 is 1. The standard InChI is InChI=1S/C13H24N2O2/c1-9-4-5-15(10(2)6-9)13(16)12-7-11(17-3)8-14-12/h9-12,14H,4-8H2,1-3H3. The van der Waals surface area contributed by atoms with Gasteiger partial charge in [-0.15, -0.1) is 0 Å². The van der Waals surface area contributed by atoms with Crippen LogP contribution in [0, 0.1) is 5.92 Å². The van der Waals surface area contributed by atoms with Gasteiger partial charge in [0.2, 0.25) is 5.91 Å². The van der Waals surface area contributed by atoms with E-state index in [2.05, 4.69) is 24.1 Å². The molecule has 4 unspecified atom stereocenters. The summed E-state index contributed by atoms with van der Waals surface area (Å²) >= 11 is 0. The molecule has 0 aromatic carbocycles. The van der Waals surface area contributed by atoms with Crippen molar-refractivity contribution in [2.24, 2.45) is 5.92 Å². The Morgan fingerprint density at radius 3 is 2.71 bits per heavy atom. The van der Waals surface area contributed by atoms with E-state index in [1.54, 1.807) is 7.11 Å². The van der Waals surface area contributed by atoms with Crippen LogP contribution in [0.4, 0.5) is 0 Å². The van der Waals surface area contributed by atoms with Crippen LogP contribution in [0.3, 0.4) is 0 Å². The van der Waals surface area contributed by atoms with Crippen LogP contribution in [0.15, 0.2) is 0 Å². The molecule has 17 heavy (non-hydrogen) atoms. The molecular weight excluding hydrogens is 216 g/mol. The molecule has 0 aromatic rings.